The maximum absolute atomic E-state index is 6.20. The van der Waals surface area contributed by atoms with E-state index in [1.807, 2.05) is 12.7 Å². The Balaban J connectivity index is 3.68. The fourth-order valence-corrected chi connectivity index (χ4v) is 2.69. The molecule has 0 spiro atoms. The Kier molecular flexibility index (Phi) is 5.04. The van der Waals surface area contributed by atoms with E-state index in [4.69, 9.17) is 11.1 Å². The van der Waals surface area contributed by atoms with Crippen LogP contribution in [0, 0.1) is 0 Å². The molecular weight excluding hydrogens is 162 g/mol. The van der Waals surface area contributed by atoms with Gasteiger partial charge in [0.25, 0.3) is 0 Å². The Morgan fingerprint density at radius 3 is 2.60 bits per heavy atom. The second kappa shape index (κ2) is 4.94. The molecule has 0 rings (SSSR count). The van der Waals surface area contributed by atoms with Crippen molar-refractivity contribution in [1.82, 2.24) is 4.98 Å². The van der Waals surface area contributed by atoms with Gasteiger partial charge in [-0.05, 0) is 13.1 Å². The summed E-state index contributed by atoms with van der Waals surface area (Å²) in [6.45, 7) is 5.89. The summed E-state index contributed by atoms with van der Waals surface area (Å²) in [6, 6.07) is 1.09. The Morgan fingerprint density at radius 2 is 2.30 bits per heavy atom. The van der Waals surface area contributed by atoms with Gasteiger partial charge in [-0.1, -0.05) is 25.5 Å². The lowest BCUT2D eigenvalue weighted by molar-refractivity contribution is 0.864. The molecule has 0 amide bonds. The SMILES string of the molecule is C=C[Si](Cl)(CCCC)NC. The van der Waals surface area contributed by atoms with Crippen LogP contribution in [0.4, 0.5) is 0 Å². The molecule has 10 heavy (non-hydrogen) atoms. The maximum atomic E-state index is 6.20. The van der Waals surface area contributed by atoms with E-state index in [-0.39, 0.29) is 0 Å². The smallest absolute Gasteiger partial charge is 0.249 e. The molecule has 0 heterocycles. The average molecular weight is 178 g/mol. The Labute approximate surface area is 69.3 Å². The predicted molar refractivity (Wildman–Crippen MR) is 50.6 cm³/mol. The molecule has 0 aromatic carbocycles. The molecule has 0 bridgehead atoms. The second-order valence-corrected chi connectivity index (χ2v) is 7.58. The minimum atomic E-state index is -1.73. The number of unbranched alkanes of at least 4 members (excludes halogenated alkanes) is 1. The summed E-state index contributed by atoms with van der Waals surface area (Å²) < 4.78 is 0. The zero-order chi connectivity index (χ0) is 8.04. The van der Waals surface area contributed by atoms with Crippen molar-refractivity contribution in [2.24, 2.45) is 0 Å². The monoisotopic (exact) mass is 177 g/mol. The normalized spacial score (nSPS) is 16.3. The summed E-state index contributed by atoms with van der Waals surface area (Å²) in [5.41, 5.74) is 1.89. The van der Waals surface area contributed by atoms with Crippen molar-refractivity contribution in [2.45, 2.75) is 25.8 Å². The van der Waals surface area contributed by atoms with E-state index >= 15 is 0 Å². The number of hydrogen-bond donors (Lipinski definition) is 1. The lowest BCUT2D eigenvalue weighted by Gasteiger charge is -2.17. The molecule has 1 unspecified atom stereocenters. The topological polar surface area (TPSA) is 12.0 Å². The number of hydrogen-bond acceptors (Lipinski definition) is 1. The summed E-state index contributed by atoms with van der Waals surface area (Å²) in [6.07, 6.45) is 2.40. The molecule has 1 nitrogen and oxygen atoms in total. The van der Waals surface area contributed by atoms with Crippen LogP contribution in [0.2, 0.25) is 6.04 Å². The van der Waals surface area contributed by atoms with Gasteiger partial charge in [-0.25, -0.2) is 0 Å². The van der Waals surface area contributed by atoms with Crippen LogP contribution in [0.15, 0.2) is 12.3 Å². The summed E-state index contributed by atoms with van der Waals surface area (Å²) in [4.78, 5) is 3.15. The third-order valence-corrected chi connectivity index (χ3v) is 5.79. The molecule has 60 valence electrons. The highest BCUT2D eigenvalue weighted by Gasteiger charge is 2.23. The van der Waals surface area contributed by atoms with Crippen LogP contribution in [-0.4, -0.2) is 14.6 Å². The van der Waals surface area contributed by atoms with Crippen molar-refractivity contribution in [2.75, 3.05) is 7.05 Å². The standard InChI is InChI=1S/C7H16ClNSi/c1-4-6-7-10(8,5-2)9-3/h5,9H,2,4,6-7H2,1,3H3. The quantitative estimate of drug-likeness (QED) is 0.503. The zero-order valence-electron chi connectivity index (χ0n) is 6.78. The molecule has 0 aromatic heterocycles. The average Bonchev–Trinajstić information content (AvgIpc) is 2.00. The van der Waals surface area contributed by atoms with Gasteiger partial charge in [-0.2, -0.15) is 0 Å². The lowest BCUT2D eigenvalue weighted by Crippen LogP contribution is -2.40. The molecule has 0 aromatic rings. The van der Waals surface area contributed by atoms with Gasteiger partial charge in [0.05, 0.1) is 0 Å². The van der Waals surface area contributed by atoms with Gasteiger partial charge in [0.2, 0.25) is 7.55 Å². The fourth-order valence-electron chi connectivity index (χ4n) is 0.763. The molecule has 0 aliphatic carbocycles. The van der Waals surface area contributed by atoms with Gasteiger partial charge >= 0.3 is 0 Å². The lowest BCUT2D eigenvalue weighted by atomic mass is 10.4. The molecule has 0 saturated carbocycles. The number of halogens is 1. The minimum absolute atomic E-state index is 1.09. The molecule has 0 fully saturated rings. The highest BCUT2D eigenvalue weighted by atomic mass is 35.6. The van der Waals surface area contributed by atoms with Crippen molar-refractivity contribution in [3.8, 4) is 0 Å². The summed E-state index contributed by atoms with van der Waals surface area (Å²) >= 11 is 6.20. The maximum Gasteiger partial charge on any atom is 0.249 e. The number of rotatable bonds is 5. The van der Waals surface area contributed by atoms with Gasteiger partial charge in [0.1, 0.15) is 0 Å². The minimum Gasteiger partial charge on any atom is -0.325 e. The molecule has 1 atom stereocenters. The van der Waals surface area contributed by atoms with Gasteiger partial charge in [-0.3, -0.25) is 0 Å². The van der Waals surface area contributed by atoms with E-state index in [1.54, 1.807) is 0 Å². The summed E-state index contributed by atoms with van der Waals surface area (Å²) in [7, 11) is 0.181. The predicted octanol–water partition coefficient (Wildman–Crippen LogP) is 2.41. The fraction of sp³-hybridized carbons (Fsp3) is 0.714. The van der Waals surface area contributed by atoms with Crippen molar-refractivity contribution in [3.63, 3.8) is 0 Å². The first-order valence-electron chi connectivity index (χ1n) is 3.70. The van der Waals surface area contributed by atoms with Gasteiger partial charge in [0, 0.05) is 0 Å². The third-order valence-electron chi connectivity index (χ3n) is 1.63. The Hall–Kier alpha value is 0.207. The van der Waals surface area contributed by atoms with Crippen LogP contribution < -0.4 is 4.98 Å². The Bertz CT molecular complexity index is 108. The zero-order valence-corrected chi connectivity index (χ0v) is 8.54. The van der Waals surface area contributed by atoms with Crippen molar-refractivity contribution >= 4 is 18.6 Å². The van der Waals surface area contributed by atoms with Crippen LogP contribution in [0.25, 0.3) is 0 Å². The van der Waals surface area contributed by atoms with Gasteiger partial charge in [-0.15, -0.1) is 17.7 Å². The van der Waals surface area contributed by atoms with Gasteiger partial charge < -0.3 is 4.98 Å². The molecule has 1 N–H and O–H groups in total. The first kappa shape index (κ1) is 10.2. The number of nitrogens with one attached hydrogen (secondary N) is 1. The van der Waals surface area contributed by atoms with E-state index in [0.29, 0.717) is 0 Å². The van der Waals surface area contributed by atoms with Gasteiger partial charge in [0.15, 0.2) is 0 Å². The van der Waals surface area contributed by atoms with Crippen molar-refractivity contribution < 1.29 is 0 Å². The van der Waals surface area contributed by atoms with Crippen molar-refractivity contribution in [1.29, 1.82) is 0 Å². The molecule has 0 aliphatic rings. The first-order chi connectivity index (χ1) is 4.68. The molecular formula is C7H16ClNSi. The van der Waals surface area contributed by atoms with Crippen LogP contribution in [-0.2, 0) is 0 Å². The highest BCUT2D eigenvalue weighted by molar-refractivity contribution is 7.21. The summed E-state index contributed by atoms with van der Waals surface area (Å²) in [5.74, 6) is 0. The Morgan fingerprint density at radius 1 is 1.70 bits per heavy atom. The highest BCUT2D eigenvalue weighted by Crippen LogP contribution is 2.15. The van der Waals surface area contributed by atoms with E-state index < -0.39 is 7.55 Å². The molecule has 0 radical (unpaired) electrons. The molecule has 3 heteroatoms. The van der Waals surface area contributed by atoms with Crippen LogP contribution >= 0.6 is 11.1 Å². The molecule has 0 aliphatic heterocycles. The van der Waals surface area contributed by atoms with Crippen molar-refractivity contribution in [3.05, 3.63) is 12.3 Å². The second-order valence-electron chi connectivity index (χ2n) is 2.42. The van der Waals surface area contributed by atoms with E-state index in [2.05, 4.69) is 18.5 Å². The van der Waals surface area contributed by atoms with E-state index in [0.717, 1.165) is 6.04 Å². The van der Waals surface area contributed by atoms with Crippen LogP contribution in [0.1, 0.15) is 19.8 Å². The van der Waals surface area contributed by atoms with Crippen LogP contribution in [0.5, 0.6) is 0 Å². The molecule has 0 saturated heterocycles. The van der Waals surface area contributed by atoms with E-state index in [1.165, 1.54) is 12.8 Å². The van der Waals surface area contributed by atoms with Crippen LogP contribution in [0.3, 0.4) is 0 Å². The first-order valence-corrected chi connectivity index (χ1v) is 6.99. The van der Waals surface area contributed by atoms with E-state index in [9.17, 15) is 0 Å². The largest absolute Gasteiger partial charge is 0.325 e. The third kappa shape index (κ3) is 3.39. The summed E-state index contributed by atoms with van der Waals surface area (Å²) in [5, 5.41) is 0.